The predicted octanol–water partition coefficient (Wildman–Crippen LogP) is 4.53. The molecular weight excluding hydrogens is 335 g/mol. The highest BCUT2D eigenvalue weighted by Gasteiger charge is 2.43. The summed E-state index contributed by atoms with van der Waals surface area (Å²) in [6.07, 6.45) is 4.90. The van der Waals surface area contributed by atoms with Crippen molar-refractivity contribution in [3.05, 3.63) is 0 Å². The van der Waals surface area contributed by atoms with E-state index < -0.39 is 0 Å². The van der Waals surface area contributed by atoms with E-state index in [2.05, 4.69) is 79.8 Å². The minimum absolute atomic E-state index is 0.234. The molecule has 0 aromatic carbocycles. The lowest BCUT2D eigenvalue weighted by atomic mass is 9.78. The van der Waals surface area contributed by atoms with Crippen molar-refractivity contribution in [3.8, 4) is 0 Å². The number of piperidine rings is 1. The zero-order chi connectivity index (χ0) is 14.2. The molecule has 108 valence electrons. The monoisotopic (exact) mass is 366 g/mol. The van der Waals surface area contributed by atoms with Gasteiger partial charge in [-0.25, -0.2) is 3.11 Å². The molecule has 0 spiro atoms. The summed E-state index contributed by atoms with van der Waals surface area (Å²) in [5, 5.41) is 3.77. The van der Waals surface area contributed by atoms with Crippen molar-refractivity contribution in [2.75, 3.05) is 0 Å². The maximum absolute atomic E-state index is 3.77. The summed E-state index contributed by atoms with van der Waals surface area (Å²) >= 11 is 2.58. The molecule has 1 N–H and O–H groups in total. The lowest BCUT2D eigenvalue weighted by Crippen LogP contribution is -2.63. The van der Waals surface area contributed by atoms with Crippen molar-refractivity contribution in [1.29, 1.82) is 0 Å². The molecule has 0 bridgehead atoms. The summed E-state index contributed by atoms with van der Waals surface area (Å²) in [5.74, 6) is 0. The molecule has 1 rings (SSSR count). The van der Waals surface area contributed by atoms with E-state index in [4.69, 9.17) is 0 Å². The highest BCUT2D eigenvalue weighted by Crippen LogP contribution is 2.38. The molecule has 1 fully saturated rings. The molecule has 0 aromatic heterocycles. The average molecular weight is 366 g/mol. The summed E-state index contributed by atoms with van der Waals surface area (Å²) in [5.41, 5.74) is 0.797. The molecule has 3 heteroatoms. The van der Waals surface area contributed by atoms with Gasteiger partial charge in [-0.15, -0.1) is 0 Å². The van der Waals surface area contributed by atoms with Gasteiger partial charge in [-0.2, -0.15) is 0 Å². The zero-order valence-corrected chi connectivity index (χ0v) is 15.4. The fraction of sp³-hybridized carbons (Fsp3) is 1.00. The first kappa shape index (κ1) is 16.7. The van der Waals surface area contributed by atoms with Crippen molar-refractivity contribution in [2.24, 2.45) is 0 Å². The van der Waals surface area contributed by atoms with Crippen LogP contribution in [0, 0.1) is 0 Å². The van der Waals surface area contributed by atoms with Gasteiger partial charge in [0.15, 0.2) is 0 Å². The molecule has 2 nitrogen and oxygen atoms in total. The van der Waals surface area contributed by atoms with Gasteiger partial charge in [0.25, 0.3) is 0 Å². The van der Waals surface area contributed by atoms with Crippen LogP contribution in [0.15, 0.2) is 0 Å². The molecule has 0 aliphatic carbocycles. The van der Waals surface area contributed by atoms with Gasteiger partial charge in [-0.3, -0.25) is 0 Å². The highest BCUT2D eigenvalue weighted by molar-refractivity contribution is 14.1. The third kappa shape index (κ3) is 3.83. The Bertz CT molecular complexity index is 266. The third-order valence-corrected chi connectivity index (χ3v) is 6.48. The maximum atomic E-state index is 3.77. The Morgan fingerprint density at radius 2 is 1.50 bits per heavy atom. The molecule has 0 unspecified atom stereocenters. The quantitative estimate of drug-likeness (QED) is 0.581. The average Bonchev–Trinajstić information content (AvgIpc) is 2.22. The Hall–Kier alpha value is 0.650. The van der Waals surface area contributed by atoms with Gasteiger partial charge in [0, 0.05) is 45.5 Å². The molecule has 0 aromatic rings. The minimum atomic E-state index is 0.234. The molecule has 0 saturated carbocycles. The van der Waals surface area contributed by atoms with E-state index in [-0.39, 0.29) is 11.1 Å². The van der Waals surface area contributed by atoms with Gasteiger partial charge in [-0.05, 0) is 60.3 Å². The fourth-order valence-electron chi connectivity index (χ4n) is 3.42. The van der Waals surface area contributed by atoms with Crippen LogP contribution in [-0.4, -0.2) is 25.8 Å². The van der Waals surface area contributed by atoms with E-state index in [1.807, 2.05) is 0 Å². The van der Waals surface area contributed by atoms with Crippen LogP contribution in [0.1, 0.15) is 74.1 Å². The fourth-order valence-corrected chi connectivity index (χ4v) is 4.50. The van der Waals surface area contributed by atoms with Crippen LogP contribution >= 0.6 is 22.9 Å². The highest BCUT2D eigenvalue weighted by atomic mass is 127. The topological polar surface area (TPSA) is 15.3 Å². The third-order valence-electron chi connectivity index (χ3n) is 4.53. The molecule has 1 aliphatic rings. The normalized spacial score (nSPS) is 24.5. The maximum Gasteiger partial charge on any atom is 0.0274 e. The molecular formula is C15H31IN2. The summed E-state index contributed by atoms with van der Waals surface area (Å²) in [6.45, 7) is 16.4. The van der Waals surface area contributed by atoms with Crippen molar-refractivity contribution in [1.82, 2.24) is 8.43 Å². The lowest BCUT2D eigenvalue weighted by Gasteiger charge is -2.51. The van der Waals surface area contributed by atoms with E-state index in [0.717, 1.165) is 0 Å². The number of hydrogen-bond acceptors (Lipinski definition) is 2. The second-order valence-corrected chi connectivity index (χ2v) is 8.51. The van der Waals surface area contributed by atoms with Crippen LogP contribution in [0.3, 0.4) is 0 Å². The van der Waals surface area contributed by atoms with Gasteiger partial charge in [-0.1, -0.05) is 13.8 Å². The summed E-state index contributed by atoms with van der Waals surface area (Å²) in [7, 11) is 0. The number of hydrogen-bond donors (Lipinski definition) is 1. The molecule has 0 atom stereocenters. The number of halogens is 1. The van der Waals surface area contributed by atoms with Gasteiger partial charge in [0.1, 0.15) is 0 Å². The number of nitrogens with zero attached hydrogens (tertiary/aromatic N) is 1. The SMILES string of the molecule is CCC(C)(CC)N(I)C1CC(C)(C)NC(C)(C)C1. The molecule has 1 heterocycles. The van der Waals surface area contributed by atoms with Crippen molar-refractivity contribution < 1.29 is 0 Å². The Balaban J connectivity index is 2.89. The minimum Gasteiger partial charge on any atom is -0.307 e. The first-order valence-electron chi connectivity index (χ1n) is 7.30. The standard InChI is InChI=1S/C15H31IN2/c1-8-15(7,9-2)18(16)12-10-13(3,4)17-14(5,6)11-12/h12,17H,8-11H2,1-7H3. The van der Waals surface area contributed by atoms with E-state index in [0.29, 0.717) is 11.6 Å². The van der Waals surface area contributed by atoms with Gasteiger partial charge in [0.05, 0.1) is 0 Å². The van der Waals surface area contributed by atoms with Crippen LogP contribution < -0.4 is 5.32 Å². The predicted molar refractivity (Wildman–Crippen MR) is 89.2 cm³/mol. The smallest absolute Gasteiger partial charge is 0.0274 e. The Morgan fingerprint density at radius 1 is 1.11 bits per heavy atom. The Labute approximate surface area is 128 Å². The zero-order valence-electron chi connectivity index (χ0n) is 13.2. The van der Waals surface area contributed by atoms with Gasteiger partial charge >= 0.3 is 0 Å². The molecule has 1 aliphatic heterocycles. The Kier molecular flexibility index (Phi) is 5.16. The second kappa shape index (κ2) is 5.57. The van der Waals surface area contributed by atoms with Crippen molar-refractivity contribution in [3.63, 3.8) is 0 Å². The second-order valence-electron chi connectivity index (χ2n) is 7.47. The van der Waals surface area contributed by atoms with Gasteiger partial charge < -0.3 is 5.32 Å². The first-order valence-corrected chi connectivity index (χ1v) is 8.26. The number of nitrogens with one attached hydrogen (secondary N) is 1. The summed E-state index contributed by atoms with van der Waals surface area (Å²) in [6, 6.07) is 0.668. The lowest BCUT2D eigenvalue weighted by molar-refractivity contribution is 0.0753. The molecule has 1 saturated heterocycles. The molecule has 0 radical (unpaired) electrons. The molecule has 0 amide bonds. The van der Waals surface area contributed by atoms with Crippen molar-refractivity contribution >= 4 is 22.9 Å². The summed E-state index contributed by atoms with van der Waals surface area (Å²) in [4.78, 5) is 0. The van der Waals surface area contributed by atoms with E-state index in [1.165, 1.54) is 25.7 Å². The Morgan fingerprint density at radius 3 is 1.83 bits per heavy atom. The first-order chi connectivity index (χ1) is 8.05. The van der Waals surface area contributed by atoms with Crippen LogP contribution in [0.25, 0.3) is 0 Å². The van der Waals surface area contributed by atoms with E-state index in [9.17, 15) is 0 Å². The van der Waals surface area contributed by atoms with Crippen LogP contribution in [-0.2, 0) is 0 Å². The summed E-state index contributed by atoms with van der Waals surface area (Å²) < 4.78 is 2.62. The number of rotatable bonds is 4. The van der Waals surface area contributed by atoms with E-state index in [1.54, 1.807) is 0 Å². The van der Waals surface area contributed by atoms with Crippen LogP contribution in [0.5, 0.6) is 0 Å². The van der Waals surface area contributed by atoms with Crippen molar-refractivity contribution in [2.45, 2.75) is 96.8 Å². The van der Waals surface area contributed by atoms with Gasteiger partial charge in [0.2, 0.25) is 0 Å². The van der Waals surface area contributed by atoms with Crippen LogP contribution in [0.2, 0.25) is 0 Å². The largest absolute Gasteiger partial charge is 0.307 e. The molecule has 18 heavy (non-hydrogen) atoms. The van der Waals surface area contributed by atoms with Crippen LogP contribution in [0.4, 0.5) is 0 Å². The van der Waals surface area contributed by atoms with E-state index >= 15 is 0 Å².